The van der Waals surface area contributed by atoms with Crippen molar-refractivity contribution in [3.05, 3.63) is 94.0 Å². The van der Waals surface area contributed by atoms with E-state index in [-0.39, 0.29) is 30.2 Å². The number of piperidine rings is 1. The van der Waals surface area contributed by atoms with Crippen molar-refractivity contribution in [2.24, 2.45) is 17.3 Å². The first kappa shape index (κ1) is 42.2. The number of nitrogens with one attached hydrogen (secondary N) is 3. The Bertz CT molecular complexity index is 2470. The topological polar surface area (TPSA) is 144 Å². The molecule has 15 heteroatoms. The lowest BCUT2D eigenvalue weighted by atomic mass is 9.57. The van der Waals surface area contributed by atoms with Gasteiger partial charge in [-0.25, -0.2) is 4.98 Å². The maximum Gasteiger partial charge on any atom is 0.416 e. The summed E-state index contributed by atoms with van der Waals surface area (Å²) in [5.41, 5.74) is 2.05. The van der Waals surface area contributed by atoms with Crippen LogP contribution in [0.15, 0.2) is 61.2 Å². The number of carbonyl (C=O) groups excluding carboxylic acids is 4. The van der Waals surface area contributed by atoms with Gasteiger partial charge in [-0.05, 0) is 119 Å². The molecule has 1 aromatic heterocycles. The van der Waals surface area contributed by atoms with Crippen LogP contribution >= 0.6 is 11.3 Å². The minimum Gasteiger partial charge on any atom is -0.386 e. The fourth-order valence-electron chi connectivity index (χ4n) is 10.6. The van der Waals surface area contributed by atoms with Crippen molar-refractivity contribution in [1.29, 1.82) is 0 Å². The number of aliphatic hydroxyl groups is 1. The molecule has 1 unspecified atom stereocenters. The summed E-state index contributed by atoms with van der Waals surface area (Å²) in [7, 11) is 0. The molecule has 3 aromatic carbocycles. The summed E-state index contributed by atoms with van der Waals surface area (Å²) >= 11 is 1.57. The van der Waals surface area contributed by atoms with Crippen LogP contribution in [-0.2, 0) is 21.4 Å². The molecule has 11 nitrogen and oxygen atoms in total. The summed E-state index contributed by atoms with van der Waals surface area (Å²) in [4.78, 5) is 60.1. The number of thiazole rings is 1. The minimum atomic E-state index is -4.58. The molecule has 62 heavy (non-hydrogen) atoms. The number of carbonyl (C=O) groups is 4. The molecule has 4 heterocycles. The van der Waals surface area contributed by atoms with E-state index in [9.17, 15) is 37.5 Å². The number of fused-ring (bicyclic) bond motifs is 2. The first-order valence-electron chi connectivity index (χ1n) is 21.6. The Morgan fingerprint density at radius 2 is 1.73 bits per heavy atom. The zero-order valence-electron chi connectivity index (χ0n) is 34.9. The third kappa shape index (κ3) is 8.14. The highest BCUT2D eigenvalue weighted by Crippen LogP contribution is 2.54. The van der Waals surface area contributed by atoms with Gasteiger partial charge in [-0.3, -0.25) is 29.4 Å². The van der Waals surface area contributed by atoms with Crippen LogP contribution in [0.5, 0.6) is 0 Å². The minimum absolute atomic E-state index is 0.124. The molecule has 4 aromatic rings. The summed E-state index contributed by atoms with van der Waals surface area (Å²) in [6, 6.07) is 12.8. The number of amides is 4. The number of aromatic nitrogens is 1. The molecule has 1 atom stereocenters. The summed E-state index contributed by atoms with van der Waals surface area (Å²) < 4.78 is 40.8. The van der Waals surface area contributed by atoms with Crippen molar-refractivity contribution in [2.45, 2.75) is 95.4 Å². The van der Waals surface area contributed by atoms with Crippen LogP contribution in [0.1, 0.15) is 120 Å². The number of nitrogens with zero attached hydrogens (tertiary/aromatic N) is 3. The van der Waals surface area contributed by atoms with Crippen molar-refractivity contribution in [1.82, 2.24) is 20.1 Å². The van der Waals surface area contributed by atoms with E-state index in [0.29, 0.717) is 45.7 Å². The van der Waals surface area contributed by atoms with Gasteiger partial charge in [0, 0.05) is 72.3 Å². The molecule has 2 aliphatic carbocycles. The molecule has 326 valence electrons. The highest BCUT2D eigenvalue weighted by Gasteiger charge is 2.52. The van der Waals surface area contributed by atoms with E-state index in [4.69, 9.17) is 4.98 Å². The Morgan fingerprint density at radius 1 is 0.984 bits per heavy atom. The third-order valence-electron chi connectivity index (χ3n) is 13.7. The van der Waals surface area contributed by atoms with Gasteiger partial charge < -0.3 is 20.6 Å². The van der Waals surface area contributed by atoms with Gasteiger partial charge in [0.15, 0.2) is 0 Å². The Kier molecular flexibility index (Phi) is 10.8. The molecule has 0 radical (unpaired) electrons. The van der Waals surface area contributed by atoms with E-state index < -0.39 is 35.2 Å². The molecule has 3 aliphatic heterocycles. The second-order valence-corrected chi connectivity index (χ2v) is 19.8. The number of hydrogen-bond acceptors (Lipinski definition) is 9. The number of rotatable bonds is 11. The first-order valence-corrected chi connectivity index (χ1v) is 22.4. The van der Waals surface area contributed by atoms with E-state index in [1.165, 1.54) is 29.9 Å². The fraction of sp³-hybridized carbons (Fsp3) is 0.468. The van der Waals surface area contributed by atoms with Gasteiger partial charge in [-0.1, -0.05) is 24.8 Å². The zero-order chi connectivity index (χ0) is 43.7. The Morgan fingerprint density at radius 3 is 2.44 bits per heavy atom. The van der Waals surface area contributed by atoms with E-state index in [2.05, 4.69) is 27.4 Å². The monoisotopic (exact) mass is 868 g/mol. The van der Waals surface area contributed by atoms with E-state index in [1.807, 2.05) is 18.2 Å². The average molecular weight is 869 g/mol. The normalized spacial score (nSPS) is 23.0. The molecule has 1 spiro atoms. The maximum absolute atomic E-state index is 13.6. The fourth-order valence-corrected chi connectivity index (χ4v) is 11.8. The molecule has 4 N–H and O–H groups in total. The molecule has 4 fully saturated rings. The van der Waals surface area contributed by atoms with Crippen LogP contribution in [0.2, 0.25) is 0 Å². The Labute approximate surface area is 362 Å². The SMILES string of the molecule is C=C1c2cccc(NCCC3CC4(C3)CN(C[C@H]3CC[C@H](c5nc6cc(C(C)(C)O)c(NC(=O)c7cccc(C(F)(F)F)c7)cc6s5)CC3)C4)c2C(=O)N1C1CCC(=O)NC1=O. The second-order valence-electron chi connectivity index (χ2n) is 18.7. The van der Waals surface area contributed by atoms with Crippen LogP contribution in [-0.4, -0.2) is 75.7 Å². The summed E-state index contributed by atoms with van der Waals surface area (Å²) in [5, 5.41) is 20.7. The maximum atomic E-state index is 13.6. The van der Waals surface area contributed by atoms with Crippen molar-refractivity contribution < 1.29 is 37.5 Å². The van der Waals surface area contributed by atoms with Gasteiger partial charge in [0.1, 0.15) is 6.04 Å². The van der Waals surface area contributed by atoms with Gasteiger partial charge in [-0.15, -0.1) is 11.3 Å². The van der Waals surface area contributed by atoms with Gasteiger partial charge >= 0.3 is 6.18 Å². The number of halogens is 3. The number of hydrogen-bond donors (Lipinski definition) is 4. The highest BCUT2D eigenvalue weighted by molar-refractivity contribution is 7.18. The quantitative estimate of drug-likeness (QED) is 0.110. The lowest BCUT2D eigenvalue weighted by Gasteiger charge is -2.60. The predicted molar refractivity (Wildman–Crippen MR) is 231 cm³/mol. The predicted octanol–water partition coefficient (Wildman–Crippen LogP) is 8.51. The molecule has 9 rings (SSSR count). The molecular formula is C47H51F3N6O5S. The van der Waals surface area contributed by atoms with Crippen molar-refractivity contribution >= 4 is 62.3 Å². The first-order chi connectivity index (χ1) is 29.4. The number of anilines is 2. The number of imide groups is 1. The molecule has 2 saturated heterocycles. The van der Waals surface area contributed by atoms with Crippen LogP contribution in [0.3, 0.4) is 0 Å². The molecule has 0 bridgehead atoms. The van der Waals surface area contributed by atoms with Gasteiger partial charge in [0.2, 0.25) is 11.8 Å². The number of likely N-dealkylation sites (tertiary alicyclic amines) is 1. The summed E-state index contributed by atoms with van der Waals surface area (Å²) in [6.07, 6.45) is 3.66. The summed E-state index contributed by atoms with van der Waals surface area (Å²) in [5.74, 6) is -0.141. The van der Waals surface area contributed by atoms with Gasteiger partial charge in [-0.2, -0.15) is 13.2 Å². The average Bonchev–Trinajstić information content (AvgIpc) is 3.73. The second kappa shape index (κ2) is 15.9. The number of alkyl halides is 3. The van der Waals surface area contributed by atoms with Crippen LogP contribution in [0, 0.1) is 17.3 Å². The number of benzene rings is 3. The van der Waals surface area contributed by atoms with Crippen LogP contribution in [0.4, 0.5) is 24.5 Å². The summed E-state index contributed by atoms with van der Waals surface area (Å²) in [6.45, 7) is 11.5. The lowest BCUT2D eigenvalue weighted by molar-refractivity contribution is -0.138. The van der Waals surface area contributed by atoms with E-state index in [0.717, 1.165) is 96.9 Å². The van der Waals surface area contributed by atoms with Gasteiger partial charge in [0.05, 0.1) is 32.0 Å². The molecule has 5 aliphatic rings. The molecule has 2 saturated carbocycles. The van der Waals surface area contributed by atoms with Crippen molar-refractivity contribution in [3.63, 3.8) is 0 Å². The van der Waals surface area contributed by atoms with Gasteiger partial charge in [0.25, 0.3) is 11.8 Å². The third-order valence-corrected chi connectivity index (χ3v) is 14.8. The molecule has 4 amide bonds. The Hall–Kier alpha value is -5.12. The standard InChI is InChI=1S/C47H51F3N6O5S/c1-26-32-8-5-9-34(40(32)44(60)56(26)37-14-15-39(57)54-42(37)59)51-17-16-28-21-46(22-28)24-55(25-46)23-27-10-12-29(13-11-27)43-53-36-19-33(45(2,3)61)35(20-38(36)62-43)52-41(58)30-6-4-7-31(18-30)47(48,49)50/h4-9,18-20,27-29,37,51,61H,1,10-17,21-25H2,2-3H3,(H,52,58)(H,54,57,59)/t27-,29-,37?. The van der Waals surface area contributed by atoms with E-state index >= 15 is 0 Å². The van der Waals surface area contributed by atoms with Crippen LogP contribution in [0.25, 0.3) is 15.9 Å². The largest absolute Gasteiger partial charge is 0.416 e. The van der Waals surface area contributed by atoms with Crippen molar-refractivity contribution in [2.75, 3.05) is 36.8 Å². The van der Waals surface area contributed by atoms with Crippen molar-refractivity contribution in [3.8, 4) is 0 Å². The van der Waals surface area contributed by atoms with E-state index in [1.54, 1.807) is 37.3 Å². The lowest BCUT2D eigenvalue weighted by Crippen LogP contribution is -2.63. The zero-order valence-corrected chi connectivity index (χ0v) is 35.7. The Balaban J connectivity index is 0.735. The van der Waals surface area contributed by atoms with Crippen LogP contribution < -0.4 is 16.0 Å². The molecular weight excluding hydrogens is 818 g/mol. The highest BCUT2D eigenvalue weighted by atomic mass is 32.1. The smallest absolute Gasteiger partial charge is 0.386 e.